The Hall–Kier alpha value is -1.40. The lowest BCUT2D eigenvalue weighted by Gasteiger charge is -2.26. The second-order valence-electron chi connectivity index (χ2n) is 4.53. The third-order valence-corrected chi connectivity index (χ3v) is 2.80. The number of aliphatic carboxylic acids is 1. The molecule has 104 valence electrons. The van der Waals surface area contributed by atoms with Gasteiger partial charge in [-0.15, -0.1) is 0 Å². The molecule has 0 saturated carbocycles. The van der Waals surface area contributed by atoms with Gasteiger partial charge in [0.1, 0.15) is 6.04 Å². The van der Waals surface area contributed by atoms with E-state index in [1.807, 2.05) is 0 Å². The fraction of sp³-hybridized carbons (Fsp3) is 0.333. The summed E-state index contributed by atoms with van der Waals surface area (Å²) in [6.07, 6.45) is 0. The SMILES string of the molecule is CC(C)(S)C(NC(=O)Nc1cccc(Cl)c1)C(=O)O. The van der Waals surface area contributed by atoms with Gasteiger partial charge in [-0.2, -0.15) is 12.6 Å². The van der Waals surface area contributed by atoms with Crippen LogP contribution in [0.1, 0.15) is 13.8 Å². The zero-order valence-electron chi connectivity index (χ0n) is 10.5. The number of benzene rings is 1. The molecule has 19 heavy (non-hydrogen) atoms. The summed E-state index contributed by atoms with van der Waals surface area (Å²) in [6, 6.07) is 4.80. The minimum absolute atomic E-state index is 0.474. The van der Waals surface area contributed by atoms with Crippen molar-refractivity contribution in [3.8, 4) is 0 Å². The summed E-state index contributed by atoms with van der Waals surface area (Å²) in [5, 5.41) is 14.4. The number of hydrogen-bond donors (Lipinski definition) is 4. The first-order valence-electron chi connectivity index (χ1n) is 5.48. The largest absolute Gasteiger partial charge is 0.480 e. The molecule has 1 unspecified atom stereocenters. The molecule has 0 aliphatic rings. The van der Waals surface area contributed by atoms with Crippen LogP contribution in [-0.2, 0) is 4.79 Å². The molecule has 0 bridgehead atoms. The number of amides is 2. The number of hydrogen-bond acceptors (Lipinski definition) is 3. The number of thiol groups is 1. The minimum atomic E-state index is -1.15. The summed E-state index contributed by atoms with van der Waals surface area (Å²) in [5.74, 6) is -1.15. The van der Waals surface area contributed by atoms with Gasteiger partial charge in [-0.1, -0.05) is 17.7 Å². The Morgan fingerprint density at radius 1 is 1.42 bits per heavy atom. The minimum Gasteiger partial charge on any atom is -0.480 e. The van der Waals surface area contributed by atoms with E-state index in [4.69, 9.17) is 16.7 Å². The maximum absolute atomic E-state index is 11.7. The van der Waals surface area contributed by atoms with Crippen LogP contribution in [0.3, 0.4) is 0 Å². The molecule has 0 saturated heterocycles. The first-order valence-corrected chi connectivity index (χ1v) is 6.31. The molecule has 0 aliphatic heterocycles. The van der Waals surface area contributed by atoms with Gasteiger partial charge in [0.25, 0.3) is 0 Å². The summed E-state index contributed by atoms with van der Waals surface area (Å²) in [7, 11) is 0. The van der Waals surface area contributed by atoms with Gasteiger partial charge in [0.2, 0.25) is 0 Å². The highest BCUT2D eigenvalue weighted by molar-refractivity contribution is 7.81. The van der Waals surface area contributed by atoms with E-state index in [1.54, 1.807) is 38.1 Å². The molecular weight excluding hydrogens is 288 g/mol. The molecule has 1 atom stereocenters. The zero-order valence-corrected chi connectivity index (χ0v) is 12.1. The molecule has 0 aliphatic carbocycles. The van der Waals surface area contributed by atoms with Crippen molar-refractivity contribution in [2.75, 3.05) is 5.32 Å². The number of carbonyl (C=O) groups excluding carboxylic acids is 1. The van der Waals surface area contributed by atoms with Crippen molar-refractivity contribution in [3.05, 3.63) is 29.3 Å². The van der Waals surface area contributed by atoms with Gasteiger partial charge in [-0.25, -0.2) is 9.59 Å². The molecule has 0 radical (unpaired) electrons. The third-order valence-electron chi connectivity index (χ3n) is 2.31. The Labute approximate surface area is 121 Å². The summed E-state index contributed by atoms with van der Waals surface area (Å²) in [5.41, 5.74) is 0.478. The lowest BCUT2D eigenvalue weighted by Crippen LogP contribution is -2.52. The van der Waals surface area contributed by atoms with Crippen molar-refractivity contribution in [3.63, 3.8) is 0 Å². The van der Waals surface area contributed by atoms with Crippen LogP contribution in [0.5, 0.6) is 0 Å². The maximum Gasteiger partial charge on any atom is 0.327 e. The van der Waals surface area contributed by atoms with Crippen LogP contribution in [0.2, 0.25) is 5.02 Å². The zero-order chi connectivity index (χ0) is 14.6. The summed E-state index contributed by atoms with van der Waals surface area (Å²) < 4.78 is -0.891. The van der Waals surface area contributed by atoms with Crippen LogP contribution < -0.4 is 10.6 Å². The molecule has 0 heterocycles. The van der Waals surface area contributed by atoms with Crippen molar-refractivity contribution in [1.82, 2.24) is 5.32 Å². The Bertz CT molecular complexity index is 488. The molecular formula is C12H15ClN2O3S. The highest BCUT2D eigenvalue weighted by atomic mass is 35.5. The van der Waals surface area contributed by atoms with Crippen LogP contribution in [0, 0.1) is 0 Å². The van der Waals surface area contributed by atoms with Gasteiger partial charge in [-0.05, 0) is 32.0 Å². The Morgan fingerprint density at radius 3 is 2.53 bits per heavy atom. The molecule has 5 nitrogen and oxygen atoms in total. The number of urea groups is 1. The summed E-state index contributed by atoms with van der Waals surface area (Å²) in [4.78, 5) is 22.8. The lowest BCUT2D eigenvalue weighted by atomic mass is 10.0. The van der Waals surface area contributed by atoms with E-state index in [0.29, 0.717) is 10.7 Å². The van der Waals surface area contributed by atoms with Gasteiger partial charge >= 0.3 is 12.0 Å². The number of rotatable bonds is 4. The molecule has 1 aromatic rings. The predicted molar refractivity (Wildman–Crippen MR) is 78.1 cm³/mol. The highest BCUT2D eigenvalue weighted by Crippen LogP contribution is 2.18. The topological polar surface area (TPSA) is 78.4 Å². The lowest BCUT2D eigenvalue weighted by molar-refractivity contribution is -0.139. The van der Waals surface area contributed by atoms with E-state index in [9.17, 15) is 9.59 Å². The van der Waals surface area contributed by atoms with Crippen molar-refractivity contribution >= 4 is 41.9 Å². The summed E-state index contributed by atoms with van der Waals surface area (Å²) >= 11 is 9.94. The highest BCUT2D eigenvalue weighted by Gasteiger charge is 2.33. The van der Waals surface area contributed by atoms with Crippen LogP contribution >= 0.6 is 24.2 Å². The van der Waals surface area contributed by atoms with E-state index >= 15 is 0 Å². The fourth-order valence-electron chi connectivity index (χ4n) is 1.41. The number of carboxylic acid groups (broad SMARTS) is 1. The van der Waals surface area contributed by atoms with Gasteiger partial charge in [-0.3, -0.25) is 0 Å². The average Bonchev–Trinajstić information content (AvgIpc) is 2.24. The van der Waals surface area contributed by atoms with E-state index in [-0.39, 0.29) is 0 Å². The Kier molecular flexibility index (Phi) is 5.08. The normalized spacial score (nSPS) is 12.6. The first-order chi connectivity index (χ1) is 8.70. The quantitative estimate of drug-likeness (QED) is 0.646. The number of halogens is 1. The fourth-order valence-corrected chi connectivity index (χ4v) is 1.77. The smallest absolute Gasteiger partial charge is 0.327 e. The van der Waals surface area contributed by atoms with Gasteiger partial charge in [0.05, 0.1) is 0 Å². The standard InChI is InChI=1S/C12H15ClN2O3S/c1-12(2,19)9(10(16)17)15-11(18)14-8-5-3-4-7(13)6-8/h3-6,9,19H,1-2H3,(H,16,17)(H2,14,15,18). The molecule has 3 N–H and O–H groups in total. The predicted octanol–water partition coefficient (Wildman–Crippen LogP) is 2.62. The average molecular weight is 303 g/mol. The van der Waals surface area contributed by atoms with Crippen molar-refractivity contribution in [2.24, 2.45) is 0 Å². The number of carbonyl (C=O) groups is 2. The molecule has 1 aromatic carbocycles. The number of carboxylic acids is 1. The van der Waals surface area contributed by atoms with E-state index < -0.39 is 22.8 Å². The Balaban J connectivity index is 2.71. The molecule has 7 heteroatoms. The van der Waals surface area contributed by atoms with E-state index in [2.05, 4.69) is 23.3 Å². The van der Waals surface area contributed by atoms with Gasteiger partial charge in [0.15, 0.2) is 0 Å². The molecule has 0 fully saturated rings. The van der Waals surface area contributed by atoms with Crippen LogP contribution in [-0.4, -0.2) is 27.9 Å². The van der Waals surface area contributed by atoms with Crippen LogP contribution in [0.4, 0.5) is 10.5 Å². The van der Waals surface area contributed by atoms with E-state index in [0.717, 1.165) is 0 Å². The van der Waals surface area contributed by atoms with E-state index in [1.165, 1.54) is 0 Å². The van der Waals surface area contributed by atoms with Gasteiger partial charge in [0, 0.05) is 15.5 Å². The molecule has 2 amide bonds. The first kappa shape index (κ1) is 15.7. The van der Waals surface area contributed by atoms with Crippen LogP contribution in [0.25, 0.3) is 0 Å². The second-order valence-corrected chi connectivity index (χ2v) is 6.12. The Morgan fingerprint density at radius 2 is 2.05 bits per heavy atom. The summed E-state index contributed by atoms with van der Waals surface area (Å²) in [6.45, 7) is 3.21. The number of nitrogens with one attached hydrogen (secondary N) is 2. The van der Waals surface area contributed by atoms with Crippen molar-refractivity contribution in [1.29, 1.82) is 0 Å². The second kappa shape index (κ2) is 6.16. The van der Waals surface area contributed by atoms with Crippen molar-refractivity contribution < 1.29 is 14.7 Å². The number of anilines is 1. The third kappa shape index (κ3) is 5.00. The maximum atomic E-state index is 11.7. The van der Waals surface area contributed by atoms with Gasteiger partial charge < -0.3 is 15.7 Å². The monoisotopic (exact) mass is 302 g/mol. The molecule has 0 aromatic heterocycles. The molecule has 0 spiro atoms. The van der Waals surface area contributed by atoms with Crippen molar-refractivity contribution in [2.45, 2.75) is 24.6 Å². The molecule has 1 rings (SSSR count). The van der Waals surface area contributed by atoms with Crippen LogP contribution in [0.15, 0.2) is 24.3 Å².